The molecule has 0 bridgehead atoms. The minimum Gasteiger partial charge on any atom is -0.333 e. The molecule has 1 aliphatic heterocycles. The van der Waals surface area contributed by atoms with Gasteiger partial charge < -0.3 is 14.5 Å². The molecule has 7 heteroatoms. The number of aromatic nitrogens is 4. The van der Waals surface area contributed by atoms with Crippen molar-refractivity contribution in [3.8, 4) is 5.69 Å². The Morgan fingerprint density at radius 3 is 2.69 bits per heavy atom. The normalized spacial score (nSPS) is 14.2. The molecule has 26 heavy (non-hydrogen) atoms. The maximum atomic E-state index is 12.3. The molecule has 3 heterocycles. The van der Waals surface area contributed by atoms with Gasteiger partial charge in [-0.05, 0) is 38.1 Å². The Balaban J connectivity index is 1.37. The minimum atomic E-state index is -0.00703. The number of rotatable bonds is 4. The van der Waals surface area contributed by atoms with Crippen molar-refractivity contribution in [3.63, 3.8) is 0 Å². The number of aryl methyl sites for hydroxylation is 1. The Bertz CT molecular complexity index is 924. The predicted molar refractivity (Wildman–Crippen MR) is 99.2 cm³/mol. The molecule has 0 atom stereocenters. The predicted octanol–water partition coefficient (Wildman–Crippen LogP) is 2.14. The number of anilines is 1. The summed E-state index contributed by atoms with van der Waals surface area (Å²) in [4.78, 5) is 23.1. The number of imidazole rings is 2. The van der Waals surface area contributed by atoms with Crippen molar-refractivity contribution in [1.82, 2.24) is 24.0 Å². The zero-order chi connectivity index (χ0) is 18.1. The van der Waals surface area contributed by atoms with Gasteiger partial charge in [0.05, 0.1) is 25.1 Å². The Hall–Kier alpha value is -2.93. The molecule has 134 valence electrons. The fourth-order valence-corrected chi connectivity index (χ4v) is 3.23. The molecule has 2 aromatic heterocycles. The molecule has 0 saturated carbocycles. The first kappa shape index (κ1) is 16.5. The third-order valence-corrected chi connectivity index (χ3v) is 4.87. The van der Waals surface area contributed by atoms with E-state index in [2.05, 4.69) is 24.8 Å². The SMILES string of the molecule is Cc1ncn(-c2ccc(NC(=O)CN3CCn4ccnc4C3)cc2)c1C. The van der Waals surface area contributed by atoms with Crippen molar-refractivity contribution in [3.05, 3.63) is 60.2 Å². The number of carbonyl (C=O) groups excluding carboxylic acids is 1. The second-order valence-electron chi connectivity index (χ2n) is 6.63. The van der Waals surface area contributed by atoms with Crippen LogP contribution in [0.25, 0.3) is 5.69 Å². The number of carbonyl (C=O) groups is 1. The topological polar surface area (TPSA) is 68.0 Å². The molecule has 0 fully saturated rings. The molecule has 1 N–H and O–H groups in total. The molecule has 0 saturated heterocycles. The van der Waals surface area contributed by atoms with Crippen molar-refractivity contribution < 1.29 is 4.79 Å². The maximum absolute atomic E-state index is 12.3. The van der Waals surface area contributed by atoms with Crippen LogP contribution in [0.2, 0.25) is 0 Å². The highest BCUT2D eigenvalue weighted by atomic mass is 16.2. The van der Waals surface area contributed by atoms with Crippen molar-refractivity contribution in [2.75, 3.05) is 18.4 Å². The molecule has 0 radical (unpaired) electrons. The Labute approximate surface area is 152 Å². The highest BCUT2D eigenvalue weighted by molar-refractivity contribution is 5.92. The van der Waals surface area contributed by atoms with Crippen LogP contribution < -0.4 is 5.32 Å². The monoisotopic (exact) mass is 350 g/mol. The second kappa shape index (κ2) is 6.76. The van der Waals surface area contributed by atoms with E-state index >= 15 is 0 Å². The number of nitrogens with zero attached hydrogens (tertiary/aromatic N) is 5. The molecule has 0 unspecified atom stereocenters. The van der Waals surface area contributed by atoms with Crippen LogP contribution in [-0.2, 0) is 17.9 Å². The quantitative estimate of drug-likeness (QED) is 0.783. The summed E-state index contributed by atoms with van der Waals surface area (Å²) in [5.74, 6) is 1.01. The van der Waals surface area contributed by atoms with Gasteiger partial charge in [-0.2, -0.15) is 0 Å². The van der Waals surface area contributed by atoms with Crippen molar-refractivity contribution in [2.24, 2.45) is 0 Å². The Kier molecular flexibility index (Phi) is 4.30. The summed E-state index contributed by atoms with van der Waals surface area (Å²) in [5.41, 5.74) is 3.96. The van der Waals surface area contributed by atoms with Crippen LogP contribution in [-0.4, -0.2) is 43.0 Å². The molecule has 0 aliphatic carbocycles. The number of benzene rings is 1. The van der Waals surface area contributed by atoms with Gasteiger partial charge in [0, 0.05) is 42.6 Å². The first-order chi connectivity index (χ1) is 12.6. The number of amides is 1. The van der Waals surface area contributed by atoms with Gasteiger partial charge >= 0.3 is 0 Å². The summed E-state index contributed by atoms with van der Waals surface area (Å²) in [6, 6.07) is 7.82. The summed E-state index contributed by atoms with van der Waals surface area (Å²) in [7, 11) is 0. The lowest BCUT2D eigenvalue weighted by atomic mass is 10.2. The molecular formula is C19H22N6O. The van der Waals surface area contributed by atoms with E-state index in [1.54, 1.807) is 0 Å². The van der Waals surface area contributed by atoms with Crippen molar-refractivity contribution in [1.29, 1.82) is 0 Å². The zero-order valence-electron chi connectivity index (χ0n) is 15.0. The molecule has 3 aromatic rings. The number of nitrogens with one attached hydrogen (secondary N) is 1. The van der Waals surface area contributed by atoms with Gasteiger partial charge in [-0.1, -0.05) is 0 Å². The smallest absolute Gasteiger partial charge is 0.238 e. The third kappa shape index (κ3) is 3.25. The number of hydrogen-bond acceptors (Lipinski definition) is 4. The number of fused-ring (bicyclic) bond motifs is 1. The van der Waals surface area contributed by atoms with Gasteiger partial charge in [-0.3, -0.25) is 9.69 Å². The van der Waals surface area contributed by atoms with Crippen molar-refractivity contribution >= 4 is 11.6 Å². The van der Waals surface area contributed by atoms with Gasteiger partial charge in [0.1, 0.15) is 5.82 Å². The summed E-state index contributed by atoms with van der Waals surface area (Å²) in [5, 5.41) is 2.97. The van der Waals surface area contributed by atoms with Crippen LogP contribution >= 0.6 is 0 Å². The third-order valence-electron chi connectivity index (χ3n) is 4.87. The molecule has 7 nitrogen and oxygen atoms in total. The molecule has 0 spiro atoms. The van der Waals surface area contributed by atoms with E-state index in [1.807, 2.05) is 61.4 Å². The largest absolute Gasteiger partial charge is 0.333 e. The van der Waals surface area contributed by atoms with E-state index in [0.717, 1.165) is 41.7 Å². The lowest BCUT2D eigenvalue weighted by Crippen LogP contribution is -2.39. The average Bonchev–Trinajstić information content (AvgIpc) is 3.22. The first-order valence-electron chi connectivity index (χ1n) is 8.73. The van der Waals surface area contributed by atoms with Gasteiger partial charge in [0.25, 0.3) is 0 Å². The molecule has 1 aromatic carbocycles. The summed E-state index contributed by atoms with van der Waals surface area (Å²) < 4.78 is 4.17. The lowest BCUT2D eigenvalue weighted by Gasteiger charge is -2.26. The van der Waals surface area contributed by atoms with Gasteiger partial charge in [0.2, 0.25) is 5.91 Å². The molecule has 4 rings (SSSR count). The summed E-state index contributed by atoms with van der Waals surface area (Å²) in [6.45, 7) is 6.85. The fraction of sp³-hybridized carbons (Fsp3) is 0.316. The van der Waals surface area contributed by atoms with E-state index in [9.17, 15) is 4.79 Å². The van der Waals surface area contributed by atoms with E-state index in [4.69, 9.17) is 0 Å². The second-order valence-corrected chi connectivity index (χ2v) is 6.63. The number of hydrogen-bond donors (Lipinski definition) is 1. The average molecular weight is 350 g/mol. The van der Waals surface area contributed by atoms with Crippen LogP contribution in [0.5, 0.6) is 0 Å². The zero-order valence-corrected chi connectivity index (χ0v) is 15.0. The highest BCUT2D eigenvalue weighted by Crippen LogP contribution is 2.17. The summed E-state index contributed by atoms with van der Waals surface area (Å²) >= 11 is 0. The van der Waals surface area contributed by atoms with E-state index in [1.165, 1.54) is 0 Å². The maximum Gasteiger partial charge on any atom is 0.238 e. The Morgan fingerprint density at radius 1 is 1.15 bits per heavy atom. The first-order valence-corrected chi connectivity index (χ1v) is 8.73. The molecule has 1 amide bonds. The van der Waals surface area contributed by atoms with Crippen LogP contribution in [0.15, 0.2) is 43.0 Å². The standard InChI is InChI=1S/C19H22N6O/c1-14-15(2)25(13-21-14)17-5-3-16(4-6-17)22-19(26)12-23-9-10-24-8-7-20-18(24)11-23/h3-8,13H,9-12H2,1-2H3,(H,22,26). The summed E-state index contributed by atoms with van der Waals surface area (Å²) in [6.07, 6.45) is 5.61. The highest BCUT2D eigenvalue weighted by Gasteiger charge is 2.18. The van der Waals surface area contributed by atoms with Crippen molar-refractivity contribution in [2.45, 2.75) is 26.9 Å². The van der Waals surface area contributed by atoms with E-state index in [-0.39, 0.29) is 5.91 Å². The van der Waals surface area contributed by atoms with Crippen LogP contribution in [0.1, 0.15) is 17.2 Å². The van der Waals surface area contributed by atoms with Gasteiger partial charge in [0.15, 0.2) is 0 Å². The fourth-order valence-electron chi connectivity index (χ4n) is 3.23. The van der Waals surface area contributed by atoms with E-state index < -0.39 is 0 Å². The molecule has 1 aliphatic rings. The Morgan fingerprint density at radius 2 is 1.96 bits per heavy atom. The van der Waals surface area contributed by atoms with E-state index in [0.29, 0.717) is 13.1 Å². The van der Waals surface area contributed by atoms with Crippen LogP contribution in [0.3, 0.4) is 0 Å². The van der Waals surface area contributed by atoms with Crippen LogP contribution in [0.4, 0.5) is 5.69 Å². The lowest BCUT2D eigenvalue weighted by molar-refractivity contribution is -0.117. The van der Waals surface area contributed by atoms with Gasteiger partial charge in [-0.25, -0.2) is 9.97 Å². The van der Waals surface area contributed by atoms with Crippen LogP contribution in [0, 0.1) is 13.8 Å². The minimum absolute atomic E-state index is 0.00703. The van der Waals surface area contributed by atoms with Gasteiger partial charge in [-0.15, -0.1) is 0 Å². The molecular weight excluding hydrogens is 328 g/mol.